The van der Waals surface area contributed by atoms with Crippen LogP contribution in [-0.4, -0.2) is 51.3 Å². The molecule has 168 valence electrons. The number of aromatic amines is 1. The van der Waals surface area contributed by atoms with Crippen molar-refractivity contribution in [3.63, 3.8) is 0 Å². The topological polar surface area (TPSA) is 65.1 Å². The molecule has 1 saturated heterocycles. The van der Waals surface area contributed by atoms with E-state index in [-0.39, 0.29) is 23.4 Å². The standard InChI is InChI=1S/C26H33N5O/c1-26(2,3)22-14-13-19(16-27-22)20-17-28-24(29-20)21-12-9-15-31(21)25(32)23(30(4)5)18-10-7-6-8-11-18/h6-8,10-11,13-14,16-17,21,23H,9,12,15H2,1-5H3,(H,28,29). The second-order valence-corrected chi connectivity index (χ2v) is 9.83. The Kier molecular flexibility index (Phi) is 6.15. The van der Waals surface area contributed by atoms with Crippen molar-refractivity contribution in [1.29, 1.82) is 0 Å². The summed E-state index contributed by atoms with van der Waals surface area (Å²) in [5.41, 5.74) is 4.02. The number of nitrogens with one attached hydrogen (secondary N) is 1. The molecule has 6 nitrogen and oxygen atoms in total. The molecule has 3 aromatic rings. The second kappa shape index (κ2) is 8.87. The summed E-state index contributed by atoms with van der Waals surface area (Å²) in [7, 11) is 3.92. The number of rotatable bonds is 5. The van der Waals surface area contributed by atoms with Gasteiger partial charge in [0.05, 0.1) is 17.9 Å². The van der Waals surface area contributed by atoms with Gasteiger partial charge in [-0.05, 0) is 44.6 Å². The Morgan fingerprint density at radius 3 is 2.47 bits per heavy atom. The molecule has 0 bridgehead atoms. The average Bonchev–Trinajstić information content (AvgIpc) is 3.43. The van der Waals surface area contributed by atoms with E-state index in [1.165, 1.54) is 0 Å². The Balaban J connectivity index is 1.56. The highest BCUT2D eigenvalue weighted by Crippen LogP contribution is 2.35. The van der Waals surface area contributed by atoms with Crippen LogP contribution in [0.2, 0.25) is 0 Å². The molecule has 32 heavy (non-hydrogen) atoms. The summed E-state index contributed by atoms with van der Waals surface area (Å²) in [5, 5.41) is 0. The minimum Gasteiger partial charge on any atom is -0.340 e. The van der Waals surface area contributed by atoms with E-state index in [1.807, 2.05) is 66.6 Å². The van der Waals surface area contributed by atoms with Crippen molar-refractivity contribution < 1.29 is 4.79 Å². The number of carbonyl (C=O) groups is 1. The van der Waals surface area contributed by atoms with Gasteiger partial charge >= 0.3 is 0 Å². The third-order valence-electron chi connectivity index (χ3n) is 6.16. The van der Waals surface area contributed by atoms with E-state index >= 15 is 0 Å². The summed E-state index contributed by atoms with van der Waals surface area (Å²) >= 11 is 0. The van der Waals surface area contributed by atoms with Crippen LogP contribution in [0.25, 0.3) is 11.3 Å². The maximum Gasteiger partial charge on any atom is 0.245 e. The summed E-state index contributed by atoms with van der Waals surface area (Å²) < 4.78 is 0. The van der Waals surface area contributed by atoms with Gasteiger partial charge in [0.25, 0.3) is 0 Å². The molecule has 4 rings (SSSR count). The second-order valence-electron chi connectivity index (χ2n) is 9.83. The van der Waals surface area contributed by atoms with Gasteiger partial charge < -0.3 is 9.88 Å². The van der Waals surface area contributed by atoms with Gasteiger partial charge in [-0.25, -0.2) is 4.98 Å². The summed E-state index contributed by atoms with van der Waals surface area (Å²) in [6.07, 6.45) is 5.63. The van der Waals surface area contributed by atoms with Crippen LogP contribution >= 0.6 is 0 Å². The van der Waals surface area contributed by atoms with E-state index in [0.717, 1.165) is 47.7 Å². The van der Waals surface area contributed by atoms with Gasteiger partial charge in [-0.1, -0.05) is 51.1 Å². The zero-order valence-electron chi connectivity index (χ0n) is 19.7. The summed E-state index contributed by atoms with van der Waals surface area (Å²) in [4.78, 5) is 30.4. The quantitative estimate of drug-likeness (QED) is 0.634. The molecule has 2 aromatic heterocycles. The number of imidazole rings is 1. The summed E-state index contributed by atoms with van der Waals surface area (Å²) in [5.74, 6) is 0.967. The first-order chi connectivity index (χ1) is 15.3. The zero-order valence-corrected chi connectivity index (χ0v) is 19.7. The molecule has 1 fully saturated rings. The maximum atomic E-state index is 13.6. The monoisotopic (exact) mass is 431 g/mol. The van der Waals surface area contributed by atoms with Crippen LogP contribution in [0.4, 0.5) is 0 Å². The average molecular weight is 432 g/mol. The highest BCUT2D eigenvalue weighted by atomic mass is 16.2. The number of aromatic nitrogens is 3. The van der Waals surface area contributed by atoms with Gasteiger partial charge in [-0.2, -0.15) is 0 Å². The summed E-state index contributed by atoms with van der Waals surface area (Å²) in [6.45, 7) is 7.22. The Bertz CT molecular complexity index is 1050. The van der Waals surface area contributed by atoms with Crippen LogP contribution in [0, 0.1) is 0 Å². The minimum atomic E-state index is -0.305. The molecule has 1 aliphatic rings. The van der Waals surface area contributed by atoms with Crippen molar-refractivity contribution in [2.24, 2.45) is 0 Å². The Morgan fingerprint density at radius 2 is 1.84 bits per heavy atom. The smallest absolute Gasteiger partial charge is 0.245 e. The number of carbonyl (C=O) groups excluding carboxylic acids is 1. The highest BCUT2D eigenvalue weighted by molar-refractivity contribution is 5.84. The first kappa shape index (κ1) is 22.2. The molecular formula is C26H33N5O. The minimum absolute atomic E-state index is 0.0180. The van der Waals surface area contributed by atoms with Crippen LogP contribution in [0.3, 0.4) is 0 Å². The predicted molar refractivity (Wildman–Crippen MR) is 127 cm³/mol. The zero-order chi connectivity index (χ0) is 22.9. The van der Waals surface area contributed by atoms with Crippen molar-refractivity contribution in [2.45, 2.75) is 51.1 Å². The lowest BCUT2D eigenvalue weighted by molar-refractivity contribution is -0.137. The van der Waals surface area contributed by atoms with E-state index < -0.39 is 0 Å². The fourth-order valence-corrected chi connectivity index (χ4v) is 4.42. The van der Waals surface area contributed by atoms with Gasteiger partial charge in [0, 0.05) is 29.4 Å². The number of nitrogens with zero attached hydrogens (tertiary/aromatic N) is 4. The van der Waals surface area contributed by atoms with E-state index in [0.29, 0.717) is 0 Å². The predicted octanol–water partition coefficient (Wildman–Crippen LogP) is 4.74. The normalized spacial score (nSPS) is 17.7. The lowest BCUT2D eigenvalue weighted by Crippen LogP contribution is -2.40. The molecular weight excluding hydrogens is 398 g/mol. The highest BCUT2D eigenvalue weighted by Gasteiger charge is 2.37. The largest absolute Gasteiger partial charge is 0.340 e. The van der Waals surface area contributed by atoms with E-state index in [1.54, 1.807) is 0 Å². The number of likely N-dealkylation sites (tertiary alicyclic amines) is 1. The van der Waals surface area contributed by atoms with Crippen LogP contribution in [0.1, 0.15) is 62.8 Å². The fraction of sp³-hybridized carbons (Fsp3) is 0.423. The Labute approximate surface area is 190 Å². The number of amides is 1. The van der Waals surface area contributed by atoms with Crippen molar-refractivity contribution in [3.8, 4) is 11.3 Å². The van der Waals surface area contributed by atoms with Crippen LogP contribution in [-0.2, 0) is 10.2 Å². The first-order valence-corrected chi connectivity index (χ1v) is 11.3. The number of benzene rings is 1. The number of hydrogen-bond acceptors (Lipinski definition) is 4. The number of H-pyrrole nitrogens is 1. The van der Waals surface area contributed by atoms with Gasteiger partial charge in [-0.3, -0.25) is 14.7 Å². The van der Waals surface area contributed by atoms with Gasteiger partial charge in [-0.15, -0.1) is 0 Å². The van der Waals surface area contributed by atoms with Crippen molar-refractivity contribution in [3.05, 3.63) is 71.9 Å². The van der Waals surface area contributed by atoms with Crippen molar-refractivity contribution in [2.75, 3.05) is 20.6 Å². The van der Waals surface area contributed by atoms with Crippen molar-refractivity contribution in [1.82, 2.24) is 24.8 Å². The molecule has 2 unspecified atom stereocenters. The maximum absolute atomic E-state index is 13.6. The molecule has 1 aromatic carbocycles. The van der Waals surface area contributed by atoms with E-state index in [2.05, 4.69) is 47.9 Å². The molecule has 0 saturated carbocycles. The Hall–Kier alpha value is -2.99. The van der Waals surface area contributed by atoms with Crippen LogP contribution in [0.5, 0.6) is 0 Å². The van der Waals surface area contributed by atoms with Gasteiger partial charge in [0.2, 0.25) is 5.91 Å². The number of pyridine rings is 1. The van der Waals surface area contributed by atoms with Crippen molar-refractivity contribution >= 4 is 5.91 Å². The lowest BCUT2D eigenvalue weighted by Gasteiger charge is -2.31. The molecule has 6 heteroatoms. The molecule has 0 spiro atoms. The molecule has 1 amide bonds. The third-order valence-corrected chi connectivity index (χ3v) is 6.16. The lowest BCUT2D eigenvalue weighted by atomic mass is 9.91. The third kappa shape index (κ3) is 4.46. The van der Waals surface area contributed by atoms with Gasteiger partial charge in [0.15, 0.2) is 0 Å². The molecule has 2 atom stereocenters. The first-order valence-electron chi connectivity index (χ1n) is 11.3. The van der Waals surface area contributed by atoms with E-state index in [4.69, 9.17) is 0 Å². The molecule has 0 aliphatic carbocycles. The number of likely N-dealkylation sites (N-methyl/N-ethyl adjacent to an activating group) is 1. The molecule has 0 radical (unpaired) electrons. The number of hydrogen-bond donors (Lipinski definition) is 1. The van der Waals surface area contributed by atoms with E-state index in [9.17, 15) is 4.79 Å². The molecule has 1 N–H and O–H groups in total. The van der Waals surface area contributed by atoms with Gasteiger partial charge in [0.1, 0.15) is 11.9 Å². The molecule has 3 heterocycles. The Morgan fingerprint density at radius 1 is 1.09 bits per heavy atom. The SMILES string of the molecule is CN(C)C(C(=O)N1CCCC1c1ncc(-c2ccc(C(C)(C)C)nc2)[nH]1)c1ccccc1. The summed E-state index contributed by atoms with van der Waals surface area (Å²) in [6, 6.07) is 13.8. The van der Waals surface area contributed by atoms with Crippen LogP contribution in [0.15, 0.2) is 54.9 Å². The van der Waals surface area contributed by atoms with Crippen LogP contribution < -0.4 is 0 Å². The fourth-order valence-electron chi connectivity index (χ4n) is 4.42. The molecule has 1 aliphatic heterocycles.